The molecule has 1 aliphatic carbocycles. The quantitative estimate of drug-likeness (QED) is 0.0959. The Balaban J connectivity index is 0.000000322. The topological polar surface area (TPSA) is 114 Å². The molecule has 1 unspecified atom stereocenters. The van der Waals surface area contributed by atoms with Crippen molar-refractivity contribution in [3.8, 4) is 5.75 Å². The van der Waals surface area contributed by atoms with E-state index in [-0.39, 0.29) is 24.0 Å². The lowest BCUT2D eigenvalue weighted by Gasteiger charge is -2.49. The molecule has 1 saturated heterocycles. The van der Waals surface area contributed by atoms with Gasteiger partial charge in [0.05, 0.1) is 6.61 Å². The monoisotopic (exact) mass is 753 g/mol. The van der Waals surface area contributed by atoms with Gasteiger partial charge in [0.25, 0.3) is 5.91 Å². The maximum Gasteiger partial charge on any atom is 0.255 e. The average molecular weight is 754 g/mol. The van der Waals surface area contributed by atoms with Crippen molar-refractivity contribution in [3.63, 3.8) is 0 Å². The summed E-state index contributed by atoms with van der Waals surface area (Å²) in [7, 11) is 0. The molecule has 55 heavy (non-hydrogen) atoms. The zero-order valence-corrected chi connectivity index (χ0v) is 34.4. The summed E-state index contributed by atoms with van der Waals surface area (Å²) in [6.45, 7) is 20.4. The summed E-state index contributed by atoms with van der Waals surface area (Å²) in [4.78, 5) is 49.5. The molecule has 9 heteroatoms. The minimum atomic E-state index is -0.611. The van der Waals surface area contributed by atoms with E-state index in [1.807, 2.05) is 24.3 Å². The minimum absolute atomic E-state index is 0.0470. The smallest absolute Gasteiger partial charge is 0.255 e. The Morgan fingerprint density at radius 1 is 0.836 bits per heavy atom. The number of benzene rings is 3. The molecular formula is C46H63N3O6. The van der Waals surface area contributed by atoms with Crippen LogP contribution in [0.2, 0.25) is 0 Å². The molecular weight excluding hydrogens is 691 g/mol. The molecule has 3 aromatic carbocycles. The predicted octanol–water partition coefficient (Wildman–Crippen LogP) is 9.16. The first-order valence-corrected chi connectivity index (χ1v) is 19.9. The van der Waals surface area contributed by atoms with Crippen molar-refractivity contribution in [2.75, 3.05) is 31.7 Å². The van der Waals surface area contributed by atoms with Crippen molar-refractivity contribution in [1.82, 2.24) is 10.2 Å². The summed E-state index contributed by atoms with van der Waals surface area (Å²) < 4.78 is 11.5. The highest BCUT2D eigenvalue weighted by atomic mass is 16.5. The average Bonchev–Trinajstić information content (AvgIpc) is 3.44. The Morgan fingerprint density at radius 3 is 2.11 bits per heavy atom. The van der Waals surface area contributed by atoms with Crippen LogP contribution < -0.4 is 15.4 Å². The number of imide groups is 1. The number of fused-ring (bicyclic) bond motifs is 1. The van der Waals surface area contributed by atoms with Crippen LogP contribution >= 0.6 is 0 Å². The summed E-state index contributed by atoms with van der Waals surface area (Å²) in [5.41, 5.74) is 8.49. The normalized spacial score (nSPS) is 17.8. The molecule has 0 bridgehead atoms. The fraction of sp³-hybridized carbons (Fsp3) is 0.522. The van der Waals surface area contributed by atoms with Crippen LogP contribution in [0.15, 0.2) is 60.7 Å². The number of nitrogens with zero attached hydrogens (tertiary/aromatic N) is 1. The number of anilines is 1. The van der Waals surface area contributed by atoms with Gasteiger partial charge in [-0.05, 0) is 131 Å². The van der Waals surface area contributed by atoms with E-state index in [0.29, 0.717) is 61.3 Å². The number of hydrogen-bond donors (Lipinski definition) is 2. The van der Waals surface area contributed by atoms with Gasteiger partial charge in [0.2, 0.25) is 11.8 Å². The second kappa shape index (κ2) is 19.9. The van der Waals surface area contributed by atoms with Gasteiger partial charge >= 0.3 is 0 Å². The third kappa shape index (κ3) is 13.3. The number of Topliss-reactive ketones (excluding diaryl/α,β-unsaturated/α-hetero) is 1. The Hall–Kier alpha value is -4.50. The summed E-state index contributed by atoms with van der Waals surface area (Å²) >= 11 is 0. The van der Waals surface area contributed by atoms with E-state index in [2.05, 4.69) is 77.3 Å². The number of nitrogens with one attached hydrogen (secondary N) is 2. The van der Waals surface area contributed by atoms with Gasteiger partial charge in [-0.25, -0.2) is 0 Å². The second-order valence-electron chi connectivity index (χ2n) is 16.9. The van der Waals surface area contributed by atoms with Crippen LogP contribution in [0.4, 0.5) is 5.69 Å². The lowest BCUT2D eigenvalue weighted by atomic mass is 9.56. The van der Waals surface area contributed by atoms with E-state index in [0.717, 1.165) is 42.7 Å². The number of rotatable bonds is 14. The minimum Gasteiger partial charge on any atom is -0.494 e. The molecule has 298 valence electrons. The molecule has 0 spiro atoms. The number of unbranched alkanes of at least 4 members (excludes halogenated alkanes) is 2. The van der Waals surface area contributed by atoms with Crippen molar-refractivity contribution in [2.24, 2.45) is 10.8 Å². The molecule has 0 aromatic heterocycles. The highest BCUT2D eigenvalue weighted by Crippen LogP contribution is 2.53. The predicted molar refractivity (Wildman–Crippen MR) is 220 cm³/mol. The number of hydrogen-bond acceptors (Lipinski definition) is 7. The van der Waals surface area contributed by atoms with Crippen molar-refractivity contribution < 1.29 is 28.7 Å². The van der Waals surface area contributed by atoms with Crippen LogP contribution in [-0.4, -0.2) is 60.8 Å². The van der Waals surface area contributed by atoms with Crippen molar-refractivity contribution in [2.45, 2.75) is 119 Å². The maximum absolute atomic E-state index is 12.9. The van der Waals surface area contributed by atoms with Gasteiger partial charge in [0.15, 0.2) is 5.78 Å². The molecule has 2 fully saturated rings. The van der Waals surface area contributed by atoms with Gasteiger partial charge in [0.1, 0.15) is 11.8 Å². The standard InChI is InChI=1S/C29H35N3O6.C9H12.C8H16/c1-20(33)21-9-11-22(12-10-21)38-18-4-2-3-16-37-17-6-15-30-25-8-5-7-23-24(25)19-32(29(23)36)26-13-14-27(34)31-28(26)35;1-7-4-5-8(2)9(3)6-7;1-7(2)5-8(3,4)6-7/h5,7-12,26,30H,2-4,6,13-19H2,1H3,(H,31,34,35);4-6H,1-3H3;5-6H2,1-4H3. The number of piperidine rings is 1. The number of ether oxygens (including phenoxy) is 2. The Bertz CT molecular complexity index is 1760. The summed E-state index contributed by atoms with van der Waals surface area (Å²) in [6.07, 6.45) is 7.14. The number of carbonyl (C=O) groups excluding carboxylic acids is 4. The molecule has 3 amide bonds. The molecule has 0 radical (unpaired) electrons. The zero-order valence-electron chi connectivity index (χ0n) is 34.4. The fourth-order valence-corrected chi connectivity index (χ4v) is 8.14. The summed E-state index contributed by atoms with van der Waals surface area (Å²) in [5, 5.41) is 5.74. The van der Waals surface area contributed by atoms with E-state index in [4.69, 9.17) is 9.47 Å². The van der Waals surface area contributed by atoms with Gasteiger partial charge in [-0.15, -0.1) is 0 Å². The highest BCUT2D eigenvalue weighted by molar-refractivity contribution is 6.06. The number of ketones is 1. The first-order chi connectivity index (χ1) is 26.0. The number of aryl methyl sites for hydroxylation is 3. The van der Waals surface area contributed by atoms with Crippen LogP contribution in [-0.2, 0) is 20.9 Å². The second-order valence-corrected chi connectivity index (χ2v) is 16.9. The van der Waals surface area contributed by atoms with Crippen molar-refractivity contribution in [1.29, 1.82) is 0 Å². The number of carbonyl (C=O) groups is 4. The summed E-state index contributed by atoms with van der Waals surface area (Å²) in [5.74, 6) is -0.0376. The molecule has 9 nitrogen and oxygen atoms in total. The molecule has 1 atom stereocenters. The summed E-state index contributed by atoms with van der Waals surface area (Å²) in [6, 6.07) is 18.7. The van der Waals surface area contributed by atoms with Crippen LogP contribution in [0.1, 0.15) is 129 Å². The lowest BCUT2D eigenvalue weighted by molar-refractivity contribution is -0.136. The van der Waals surface area contributed by atoms with E-state index in [1.54, 1.807) is 30.0 Å². The Kier molecular flexibility index (Phi) is 15.6. The van der Waals surface area contributed by atoms with Gasteiger partial charge in [-0.1, -0.05) is 57.5 Å². The first-order valence-electron chi connectivity index (χ1n) is 19.9. The van der Waals surface area contributed by atoms with E-state index in [9.17, 15) is 19.2 Å². The molecule has 3 aliphatic rings. The van der Waals surface area contributed by atoms with Gasteiger partial charge in [-0.3, -0.25) is 24.5 Å². The Morgan fingerprint density at radius 2 is 1.51 bits per heavy atom. The van der Waals surface area contributed by atoms with Gasteiger partial charge < -0.3 is 19.7 Å². The van der Waals surface area contributed by atoms with Crippen LogP contribution in [0, 0.1) is 31.6 Å². The van der Waals surface area contributed by atoms with Crippen LogP contribution in [0.25, 0.3) is 0 Å². The zero-order chi connectivity index (χ0) is 40.2. The van der Waals surface area contributed by atoms with E-state index >= 15 is 0 Å². The maximum atomic E-state index is 12.9. The van der Waals surface area contributed by atoms with Crippen molar-refractivity contribution >= 4 is 29.2 Å². The molecule has 2 aliphatic heterocycles. The first kappa shape index (κ1) is 43.2. The van der Waals surface area contributed by atoms with Crippen LogP contribution in [0.5, 0.6) is 5.75 Å². The molecule has 1 saturated carbocycles. The SMILES string of the molecule is CC(=O)c1ccc(OCCCCCOCCCNc2cccc3c2CN(C2CCC(=O)NC2=O)C3=O)cc1.CC1(C)CC(C)(C)C1.Cc1ccc(C)c(C)c1. The largest absolute Gasteiger partial charge is 0.494 e. The fourth-order valence-electron chi connectivity index (χ4n) is 8.14. The number of amides is 3. The third-order valence-electron chi connectivity index (χ3n) is 10.4. The lowest BCUT2D eigenvalue weighted by Crippen LogP contribution is -2.52. The molecule has 3 aromatic rings. The Labute approximate surface area is 328 Å². The van der Waals surface area contributed by atoms with Gasteiger partial charge in [-0.2, -0.15) is 0 Å². The van der Waals surface area contributed by atoms with Crippen molar-refractivity contribution in [3.05, 3.63) is 94.0 Å². The molecule has 6 rings (SSSR count). The van der Waals surface area contributed by atoms with E-state index in [1.165, 1.54) is 29.5 Å². The third-order valence-corrected chi connectivity index (χ3v) is 10.4. The van der Waals surface area contributed by atoms with Crippen LogP contribution in [0.3, 0.4) is 0 Å². The highest BCUT2D eigenvalue weighted by Gasteiger charge is 2.42. The molecule has 2 N–H and O–H groups in total. The molecule has 2 heterocycles. The van der Waals surface area contributed by atoms with Gasteiger partial charge in [0, 0.05) is 55.1 Å². The van der Waals surface area contributed by atoms with E-state index < -0.39 is 11.9 Å².